The monoisotopic (exact) mass is 395 g/mol. The van der Waals surface area contributed by atoms with E-state index in [1.54, 1.807) is 6.07 Å². The number of aromatic nitrogens is 3. The fourth-order valence-electron chi connectivity index (χ4n) is 4.02. The molecule has 0 amide bonds. The van der Waals surface area contributed by atoms with Gasteiger partial charge < -0.3 is 13.8 Å². The molecule has 0 bridgehead atoms. The molecule has 1 aliphatic carbocycles. The van der Waals surface area contributed by atoms with E-state index in [4.69, 9.17) is 9.26 Å². The predicted molar refractivity (Wildman–Crippen MR) is 107 cm³/mol. The lowest BCUT2D eigenvalue weighted by atomic mass is 10.1. The Morgan fingerprint density at radius 1 is 1.03 bits per heavy atom. The summed E-state index contributed by atoms with van der Waals surface area (Å²) >= 11 is 0. The molecule has 7 nitrogen and oxygen atoms in total. The molecular weight excluding hydrogens is 370 g/mol. The molecule has 152 valence electrons. The first kappa shape index (κ1) is 19.2. The number of esters is 1. The summed E-state index contributed by atoms with van der Waals surface area (Å²) < 4.78 is 14.5. The standard InChI is InChI=1S/C22H25N3O4/c1-12-9-19(16(5)24(12)17-6-7-17)22(27)28-11-20(26)18-8-13(2)25(15(18)4)21-10-14(3)29-23-21/h8-10,17H,6-7,11H2,1-5H3. The van der Waals surface area contributed by atoms with Crippen molar-refractivity contribution in [1.29, 1.82) is 0 Å². The lowest BCUT2D eigenvalue weighted by Gasteiger charge is -2.08. The van der Waals surface area contributed by atoms with E-state index in [1.165, 1.54) is 0 Å². The van der Waals surface area contributed by atoms with Crippen LogP contribution in [-0.4, -0.2) is 32.7 Å². The maximum Gasteiger partial charge on any atom is 0.340 e. The number of aryl methyl sites for hydroxylation is 3. The van der Waals surface area contributed by atoms with Gasteiger partial charge in [-0.2, -0.15) is 0 Å². The molecule has 0 radical (unpaired) electrons. The molecule has 1 saturated carbocycles. The van der Waals surface area contributed by atoms with Crippen molar-refractivity contribution in [2.45, 2.75) is 53.5 Å². The summed E-state index contributed by atoms with van der Waals surface area (Å²) in [5.41, 5.74) is 4.60. The SMILES string of the molecule is Cc1cc(-n2c(C)cc(C(=O)COC(=O)c3cc(C)n(C4CC4)c3C)c2C)no1. The first-order valence-corrected chi connectivity index (χ1v) is 9.79. The van der Waals surface area contributed by atoms with Gasteiger partial charge in [-0.15, -0.1) is 0 Å². The Morgan fingerprint density at radius 2 is 1.72 bits per heavy atom. The van der Waals surface area contributed by atoms with Crippen molar-refractivity contribution in [3.8, 4) is 5.82 Å². The lowest BCUT2D eigenvalue weighted by Crippen LogP contribution is -2.15. The van der Waals surface area contributed by atoms with E-state index in [2.05, 4.69) is 9.72 Å². The van der Waals surface area contributed by atoms with E-state index >= 15 is 0 Å². The minimum absolute atomic E-state index is 0.242. The Labute approximate surface area is 169 Å². The summed E-state index contributed by atoms with van der Waals surface area (Å²) in [4.78, 5) is 25.3. The number of nitrogens with zero attached hydrogens (tertiary/aromatic N) is 3. The van der Waals surface area contributed by atoms with Gasteiger partial charge in [-0.3, -0.25) is 9.36 Å². The van der Waals surface area contributed by atoms with Crippen LogP contribution >= 0.6 is 0 Å². The molecule has 0 aromatic carbocycles. The number of ether oxygens (including phenoxy) is 1. The Hall–Kier alpha value is -3.09. The van der Waals surface area contributed by atoms with Gasteiger partial charge in [0.25, 0.3) is 0 Å². The molecule has 0 spiro atoms. The van der Waals surface area contributed by atoms with Crippen LogP contribution in [0.25, 0.3) is 5.82 Å². The van der Waals surface area contributed by atoms with Gasteiger partial charge in [0.05, 0.1) is 5.56 Å². The molecule has 0 N–H and O–H groups in total. The Kier molecular flexibility index (Phi) is 4.68. The largest absolute Gasteiger partial charge is 0.454 e. The van der Waals surface area contributed by atoms with Crippen LogP contribution < -0.4 is 0 Å². The first-order valence-electron chi connectivity index (χ1n) is 9.79. The van der Waals surface area contributed by atoms with Crippen LogP contribution in [0.15, 0.2) is 22.7 Å². The average Bonchev–Trinajstić information content (AvgIpc) is 3.24. The molecule has 0 aliphatic heterocycles. The second-order valence-corrected chi connectivity index (χ2v) is 7.80. The molecule has 1 fully saturated rings. The molecule has 1 aliphatic rings. The van der Waals surface area contributed by atoms with Gasteiger partial charge >= 0.3 is 5.97 Å². The van der Waals surface area contributed by atoms with Crippen LogP contribution in [0, 0.1) is 34.6 Å². The van der Waals surface area contributed by atoms with Crippen molar-refractivity contribution in [1.82, 2.24) is 14.3 Å². The molecule has 0 unspecified atom stereocenters. The van der Waals surface area contributed by atoms with Gasteiger partial charge in [0.2, 0.25) is 5.78 Å². The summed E-state index contributed by atoms with van der Waals surface area (Å²) in [5, 5.41) is 4.02. The van der Waals surface area contributed by atoms with Gasteiger partial charge in [-0.25, -0.2) is 4.79 Å². The fourth-order valence-corrected chi connectivity index (χ4v) is 4.02. The van der Waals surface area contributed by atoms with Gasteiger partial charge in [0.15, 0.2) is 12.4 Å². The highest BCUT2D eigenvalue weighted by atomic mass is 16.5. The number of ketones is 1. The highest BCUT2D eigenvalue weighted by Gasteiger charge is 2.29. The van der Waals surface area contributed by atoms with Crippen molar-refractivity contribution in [2.75, 3.05) is 6.61 Å². The van der Waals surface area contributed by atoms with Crippen molar-refractivity contribution in [3.05, 3.63) is 57.9 Å². The lowest BCUT2D eigenvalue weighted by molar-refractivity contribution is 0.0473. The number of carbonyl (C=O) groups excluding carboxylic acids is 2. The second-order valence-electron chi connectivity index (χ2n) is 7.80. The Balaban J connectivity index is 1.49. The number of carbonyl (C=O) groups is 2. The average molecular weight is 395 g/mol. The molecule has 0 atom stereocenters. The molecule has 4 rings (SSSR count). The zero-order valence-corrected chi connectivity index (χ0v) is 17.4. The van der Waals surface area contributed by atoms with Gasteiger partial charge in [-0.1, -0.05) is 5.16 Å². The molecule has 7 heteroatoms. The second kappa shape index (κ2) is 7.06. The maximum atomic E-state index is 12.7. The number of Topliss-reactive ketones (excluding diaryl/α,β-unsaturated/α-hetero) is 1. The summed E-state index contributed by atoms with van der Waals surface area (Å²) in [5.74, 6) is 0.618. The smallest absolute Gasteiger partial charge is 0.340 e. The van der Waals surface area contributed by atoms with Gasteiger partial charge in [0.1, 0.15) is 5.76 Å². The third-order valence-corrected chi connectivity index (χ3v) is 5.53. The molecule has 0 saturated heterocycles. The number of rotatable bonds is 6. The summed E-state index contributed by atoms with van der Waals surface area (Å²) in [6.07, 6.45) is 2.29. The van der Waals surface area contributed by atoms with E-state index in [0.717, 1.165) is 35.6 Å². The van der Waals surface area contributed by atoms with Gasteiger partial charge in [0, 0.05) is 40.4 Å². The van der Waals surface area contributed by atoms with Crippen LogP contribution in [-0.2, 0) is 4.74 Å². The molecule has 3 aromatic rings. The van der Waals surface area contributed by atoms with Crippen LogP contribution in [0.2, 0.25) is 0 Å². The quantitative estimate of drug-likeness (QED) is 0.462. The topological polar surface area (TPSA) is 79.3 Å². The fraction of sp³-hybridized carbons (Fsp3) is 0.409. The predicted octanol–water partition coefficient (Wildman–Crippen LogP) is 4.18. The van der Waals surface area contributed by atoms with Crippen molar-refractivity contribution < 1.29 is 18.8 Å². The van der Waals surface area contributed by atoms with Crippen molar-refractivity contribution in [2.24, 2.45) is 0 Å². The number of hydrogen-bond acceptors (Lipinski definition) is 5. The van der Waals surface area contributed by atoms with E-state index in [9.17, 15) is 9.59 Å². The highest BCUT2D eigenvalue weighted by molar-refractivity contribution is 6.00. The van der Waals surface area contributed by atoms with Crippen LogP contribution in [0.4, 0.5) is 0 Å². The third-order valence-electron chi connectivity index (χ3n) is 5.53. The summed E-state index contributed by atoms with van der Waals surface area (Å²) in [6, 6.07) is 5.93. The zero-order valence-electron chi connectivity index (χ0n) is 17.4. The molecular formula is C22H25N3O4. The maximum absolute atomic E-state index is 12.7. The number of hydrogen-bond donors (Lipinski definition) is 0. The molecule has 29 heavy (non-hydrogen) atoms. The van der Waals surface area contributed by atoms with Gasteiger partial charge in [-0.05, 0) is 59.6 Å². The normalized spacial score (nSPS) is 13.7. The highest BCUT2D eigenvalue weighted by Crippen LogP contribution is 2.38. The molecule has 3 heterocycles. The Bertz CT molecular complexity index is 1110. The van der Waals surface area contributed by atoms with E-state index in [-0.39, 0.29) is 12.4 Å². The van der Waals surface area contributed by atoms with E-state index in [1.807, 2.05) is 51.3 Å². The minimum atomic E-state index is -0.459. The van der Waals surface area contributed by atoms with Crippen molar-refractivity contribution >= 4 is 11.8 Å². The van der Waals surface area contributed by atoms with Crippen LogP contribution in [0.1, 0.15) is 68.1 Å². The summed E-state index contributed by atoms with van der Waals surface area (Å²) in [6.45, 7) is 9.18. The third kappa shape index (κ3) is 3.41. The van der Waals surface area contributed by atoms with Crippen LogP contribution in [0.3, 0.4) is 0 Å². The minimum Gasteiger partial charge on any atom is -0.454 e. The molecule has 3 aromatic heterocycles. The Morgan fingerprint density at radius 3 is 2.34 bits per heavy atom. The zero-order chi connectivity index (χ0) is 20.9. The summed E-state index contributed by atoms with van der Waals surface area (Å²) in [7, 11) is 0. The van der Waals surface area contributed by atoms with E-state index < -0.39 is 5.97 Å². The first-order chi connectivity index (χ1) is 13.8. The van der Waals surface area contributed by atoms with E-state index in [0.29, 0.717) is 28.7 Å². The van der Waals surface area contributed by atoms with Crippen molar-refractivity contribution in [3.63, 3.8) is 0 Å². The van der Waals surface area contributed by atoms with Crippen LogP contribution in [0.5, 0.6) is 0 Å².